The Bertz CT molecular complexity index is 499. The zero-order valence-corrected chi connectivity index (χ0v) is 12.5. The van der Waals surface area contributed by atoms with Crippen molar-refractivity contribution in [1.29, 1.82) is 0 Å². The lowest BCUT2D eigenvalue weighted by Crippen LogP contribution is -2.38. The fourth-order valence-corrected chi connectivity index (χ4v) is 3.64. The number of ether oxygens (including phenoxy) is 1. The van der Waals surface area contributed by atoms with Gasteiger partial charge in [0, 0.05) is 6.54 Å². The summed E-state index contributed by atoms with van der Waals surface area (Å²) in [5.74, 6) is 0.781. The van der Waals surface area contributed by atoms with Crippen LogP contribution in [0.2, 0.25) is 0 Å². The first-order valence-electron chi connectivity index (χ1n) is 7.83. The first-order chi connectivity index (χ1) is 10.2. The quantitative estimate of drug-likeness (QED) is 0.930. The number of likely N-dealkylation sites (tertiary alicyclic amines) is 1. The summed E-state index contributed by atoms with van der Waals surface area (Å²) in [6, 6.07) is 8.12. The Morgan fingerprint density at radius 1 is 1.19 bits per heavy atom. The van der Waals surface area contributed by atoms with Crippen LogP contribution in [-0.4, -0.2) is 35.7 Å². The number of amides is 1. The number of hydrogen-bond donors (Lipinski definition) is 1. The zero-order chi connectivity index (χ0) is 14.8. The SMILES string of the molecule is COc1ccc(C2CCCN2C(=O)C2CCCC2O)cc1. The van der Waals surface area contributed by atoms with E-state index < -0.39 is 6.10 Å². The van der Waals surface area contributed by atoms with Gasteiger partial charge in [-0.25, -0.2) is 0 Å². The molecule has 1 saturated heterocycles. The fourth-order valence-electron chi connectivity index (χ4n) is 3.64. The van der Waals surface area contributed by atoms with Gasteiger partial charge in [0.1, 0.15) is 5.75 Å². The number of nitrogens with zero attached hydrogens (tertiary/aromatic N) is 1. The number of aliphatic hydroxyl groups excluding tert-OH is 1. The third-order valence-electron chi connectivity index (χ3n) is 4.83. The first-order valence-corrected chi connectivity index (χ1v) is 7.83. The highest BCUT2D eigenvalue weighted by Crippen LogP contribution is 2.36. The van der Waals surface area contributed by atoms with Crippen LogP contribution in [0.1, 0.15) is 43.7 Å². The summed E-state index contributed by atoms with van der Waals surface area (Å²) in [5.41, 5.74) is 1.16. The second kappa shape index (κ2) is 6.06. The second-order valence-corrected chi connectivity index (χ2v) is 6.07. The molecule has 1 N–H and O–H groups in total. The zero-order valence-electron chi connectivity index (χ0n) is 12.5. The Hall–Kier alpha value is -1.55. The Balaban J connectivity index is 1.76. The normalized spacial score (nSPS) is 28.9. The van der Waals surface area contributed by atoms with E-state index >= 15 is 0 Å². The third-order valence-corrected chi connectivity index (χ3v) is 4.83. The van der Waals surface area contributed by atoms with Crippen molar-refractivity contribution in [3.8, 4) is 5.75 Å². The number of hydrogen-bond acceptors (Lipinski definition) is 3. The molecule has 1 aromatic rings. The lowest BCUT2D eigenvalue weighted by molar-refractivity contribution is -0.139. The van der Waals surface area contributed by atoms with E-state index in [-0.39, 0.29) is 17.9 Å². The molecular formula is C17H23NO3. The molecule has 2 aliphatic rings. The molecule has 4 heteroatoms. The molecule has 1 aromatic carbocycles. The van der Waals surface area contributed by atoms with Gasteiger partial charge in [0.05, 0.1) is 25.2 Å². The summed E-state index contributed by atoms with van der Waals surface area (Å²) in [6.07, 6.45) is 4.13. The predicted molar refractivity (Wildman–Crippen MR) is 80.0 cm³/mol. The minimum atomic E-state index is -0.449. The molecule has 2 fully saturated rings. The molecule has 1 heterocycles. The maximum Gasteiger partial charge on any atom is 0.228 e. The second-order valence-electron chi connectivity index (χ2n) is 6.07. The molecule has 3 atom stereocenters. The van der Waals surface area contributed by atoms with Crippen LogP contribution >= 0.6 is 0 Å². The van der Waals surface area contributed by atoms with Crippen molar-refractivity contribution in [2.75, 3.05) is 13.7 Å². The van der Waals surface area contributed by atoms with Gasteiger partial charge in [0.15, 0.2) is 0 Å². The number of rotatable bonds is 3. The molecule has 0 spiro atoms. The minimum absolute atomic E-state index is 0.137. The van der Waals surface area contributed by atoms with Gasteiger partial charge in [-0.2, -0.15) is 0 Å². The van der Waals surface area contributed by atoms with Gasteiger partial charge in [-0.15, -0.1) is 0 Å². The van der Waals surface area contributed by atoms with Crippen LogP contribution < -0.4 is 4.74 Å². The Labute approximate surface area is 125 Å². The molecule has 4 nitrogen and oxygen atoms in total. The average Bonchev–Trinajstić information content (AvgIpc) is 3.15. The maximum atomic E-state index is 12.7. The smallest absolute Gasteiger partial charge is 0.228 e. The molecule has 114 valence electrons. The molecule has 3 rings (SSSR count). The van der Waals surface area contributed by atoms with Crippen LogP contribution in [0.25, 0.3) is 0 Å². The van der Waals surface area contributed by atoms with Crippen molar-refractivity contribution in [2.24, 2.45) is 5.92 Å². The van der Waals surface area contributed by atoms with Crippen molar-refractivity contribution in [3.63, 3.8) is 0 Å². The molecular weight excluding hydrogens is 266 g/mol. The van der Waals surface area contributed by atoms with E-state index in [4.69, 9.17) is 4.74 Å². The van der Waals surface area contributed by atoms with Crippen molar-refractivity contribution in [1.82, 2.24) is 4.90 Å². The van der Waals surface area contributed by atoms with E-state index in [9.17, 15) is 9.90 Å². The van der Waals surface area contributed by atoms with E-state index in [0.29, 0.717) is 0 Å². The van der Waals surface area contributed by atoms with Gasteiger partial charge in [0.25, 0.3) is 0 Å². The monoisotopic (exact) mass is 289 g/mol. The van der Waals surface area contributed by atoms with Crippen LogP contribution in [0.4, 0.5) is 0 Å². The van der Waals surface area contributed by atoms with Crippen molar-refractivity contribution in [2.45, 2.75) is 44.2 Å². The van der Waals surface area contributed by atoms with E-state index in [2.05, 4.69) is 0 Å². The van der Waals surface area contributed by atoms with Gasteiger partial charge in [-0.1, -0.05) is 12.1 Å². The van der Waals surface area contributed by atoms with Gasteiger partial charge >= 0.3 is 0 Å². The topological polar surface area (TPSA) is 49.8 Å². The van der Waals surface area contributed by atoms with Crippen LogP contribution in [0, 0.1) is 5.92 Å². The molecule has 1 amide bonds. The van der Waals surface area contributed by atoms with Gasteiger partial charge in [-0.3, -0.25) is 4.79 Å². The van der Waals surface area contributed by atoms with E-state index in [0.717, 1.165) is 50.0 Å². The molecule has 3 unspecified atom stereocenters. The number of aliphatic hydroxyl groups is 1. The number of benzene rings is 1. The summed E-state index contributed by atoms with van der Waals surface area (Å²) >= 11 is 0. The molecule has 1 aliphatic heterocycles. The summed E-state index contributed by atoms with van der Waals surface area (Å²) in [4.78, 5) is 14.7. The van der Waals surface area contributed by atoms with E-state index in [1.807, 2.05) is 29.2 Å². The maximum absolute atomic E-state index is 12.7. The summed E-state index contributed by atoms with van der Waals surface area (Å²) in [7, 11) is 1.65. The van der Waals surface area contributed by atoms with E-state index in [1.54, 1.807) is 7.11 Å². The van der Waals surface area contributed by atoms with Gasteiger partial charge < -0.3 is 14.7 Å². The molecule has 1 aliphatic carbocycles. The first kappa shape index (κ1) is 14.4. The van der Waals surface area contributed by atoms with Crippen LogP contribution in [0.15, 0.2) is 24.3 Å². The molecule has 0 bridgehead atoms. The molecule has 21 heavy (non-hydrogen) atoms. The Kier molecular flexibility index (Phi) is 4.15. The largest absolute Gasteiger partial charge is 0.497 e. The fraction of sp³-hybridized carbons (Fsp3) is 0.588. The Morgan fingerprint density at radius 2 is 1.95 bits per heavy atom. The number of carbonyl (C=O) groups is 1. The lowest BCUT2D eigenvalue weighted by Gasteiger charge is -2.29. The van der Waals surface area contributed by atoms with Crippen molar-refractivity contribution in [3.05, 3.63) is 29.8 Å². The van der Waals surface area contributed by atoms with E-state index in [1.165, 1.54) is 0 Å². The van der Waals surface area contributed by atoms with Crippen LogP contribution in [0.3, 0.4) is 0 Å². The highest BCUT2D eigenvalue weighted by Gasteiger charge is 2.38. The van der Waals surface area contributed by atoms with Crippen molar-refractivity contribution >= 4 is 5.91 Å². The number of carbonyl (C=O) groups excluding carboxylic acids is 1. The van der Waals surface area contributed by atoms with Gasteiger partial charge in [0.2, 0.25) is 5.91 Å². The van der Waals surface area contributed by atoms with Crippen molar-refractivity contribution < 1.29 is 14.6 Å². The van der Waals surface area contributed by atoms with Crippen LogP contribution in [-0.2, 0) is 4.79 Å². The predicted octanol–water partition coefficient (Wildman–Crippen LogP) is 2.52. The summed E-state index contributed by atoms with van der Waals surface area (Å²) in [6.45, 7) is 0.804. The molecule has 1 saturated carbocycles. The highest BCUT2D eigenvalue weighted by atomic mass is 16.5. The van der Waals surface area contributed by atoms with Crippen LogP contribution in [0.5, 0.6) is 5.75 Å². The standard InChI is InChI=1S/C17H23NO3/c1-21-13-9-7-12(8-10-13)15-5-3-11-18(15)17(20)14-4-2-6-16(14)19/h7-10,14-16,19H,2-6,11H2,1H3. The lowest BCUT2D eigenvalue weighted by atomic mass is 10.0. The highest BCUT2D eigenvalue weighted by molar-refractivity contribution is 5.80. The van der Waals surface area contributed by atoms with Gasteiger partial charge in [-0.05, 0) is 49.8 Å². The molecule has 0 radical (unpaired) electrons. The molecule has 0 aromatic heterocycles. The minimum Gasteiger partial charge on any atom is -0.497 e. The summed E-state index contributed by atoms with van der Waals surface area (Å²) < 4.78 is 5.19. The Morgan fingerprint density at radius 3 is 2.57 bits per heavy atom. The third kappa shape index (κ3) is 2.77. The average molecular weight is 289 g/mol. The number of methoxy groups -OCH3 is 1. The summed E-state index contributed by atoms with van der Waals surface area (Å²) in [5, 5.41) is 9.98.